The number of para-hydroxylation sites is 2. The summed E-state index contributed by atoms with van der Waals surface area (Å²) in [6.07, 6.45) is 0. The molecule has 0 spiro atoms. The summed E-state index contributed by atoms with van der Waals surface area (Å²) in [6, 6.07) is 13.3. The number of benzene rings is 2. The van der Waals surface area contributed by atoms with Crippen LogP contribution in [0.4, 0.5) is 5.69 Å². The molecule has 0 fully saturated rings. The zero-order chi connectivity index (χ0) is 22.2. The fourth-order valence-electron chi connectivity index (χ4n) is 3.04. The standard InChI is InChI=1S/C22H26N4O4S/c1-15-8-9-19(30-3)17(12-15)24-20(27)13-23-21(28)14-31-22-25-16-6-4-5-7-18(16)26(22)10-11-29-2/h4-9,12H,10-11,13-14H2,1-3H3,(H,23,28)(H,24,27). The van der Waals surface area contributed by atoms with E-state index in [2.05, 4.69) is 15.6 Å². The van der Waals surface area contributed by atoms with Crippen molar-refractivity contribution >= 4 is 40.3 Å². The van der Waals surface area contributed by atoms with Crippen LogP contribution in [-0.4, -0.2) is 54.5 Å². The smallest absolute Gasteiger partial charge is 0.243 e. The van der Waals surface area contributed by atoms with Gasteiger partial charge in [0.25, 0.3) is 0 Å². The SMILES string of the molecule is COCCn1c(SCC(=O)NCC(=O)Nc2cc(C)ccc2OC)nc2ccccc21. The molecule has 3 aromatic rings. The Balaban J connectivity index is 1.55. The fourth-order valence-corrected chi connectivity index (χ4v) is 3.91. The first-order chi connectivity index (χ1) is 15.0. The lowest BCUT2D eigenvalue weighted by Crippen LogP contribution is -2.34. The van der Waals surface area contributed by atoms with Crippen molar-refractivity contribution in [2.24, 2.45) is 0 Å². The molecule has 3 rings (SSSR count). The molecule has 0 unspecified atom stereocenters. The van der Waals surface area contributed by atoms with Crippen molar-refractivity contribution in [3.05, 3.63) is 48.0 Å². The molecule has 0 bridgehead atoms. The van der Waals surface area contributed by atoms with Gasteiger partial charge in [0.15, 0.2) is 5.16 Å². The zero-order valence-corrected chi connectivity index (χ0v) is 18.6. The minimum Gasteiger partial charge on any atom is -0.495 e. The Morgan fingerprint density at radius 3 is 2.71 bits per heavy atom. The predicted molar refractivity (Wildman–Crippen MR) is 122 cm³/mol. The van der Waals surface area contributed by atoms with E-state index in [0.29, 0.717) is 24.6 Å². The van der Waals surface area contributed by atoms with Crippen LogP contribution in [0.1, 0.15) is 5.56 Å². The summed E-state index contributed by atoms with van der Waals surface area (Å²) < 4.78 is 12.5. The number of carbonyl (C=O) groups excluding carboxylic acids is 2. The van der Waals surface area contributed by atoms with Gasteiger partial charge in [-0.05, 0) is 36.8 Å². The van der Waals surface area contributed by atoms with Gasteiger partial charge in [-0.25, -0.2) is 4.98 Å². The molecule has 2 amide bonds. The minimum atomic E-state index is -0.324. The van der Waals surface area contributed by atoms with Crippen molar-refractivity contribution in [1.82, 2.24) is 14.9 Å². The maximum atomic E-state index is 12.3. The number of aryl methyl sites for hydroxylation is 1. The molecule has 9 heteroatoms. The molecule has 2 aromatic carbocycles. The lowest BCUT2D eigenvalue weighted by molar-refractivity contribution is -0.122. The number of methoxy groups -OCH3 is 2. The van der Waals surface area contributed by atoms with Crippen molar-refractivity contribution in [3.8, 4) is 5.75 Å². The van der Waals surface area contributed by atoms with Gasteiger partial charge in [-0.3, -0.25) is 9.59 Å². The van der Waals surface area contributed by atoms with Gasteiger partial charge < -0.3 is 24.7 Å². The lowest BCUT2D eigenvalue weighted by Gasteiger charge is -2.11. The molecule has 1 aromatic heterocycles. The molecule has 1 heterocycles. The van der Waals surface area contributed by atoms with E-state index < -0.39 is 0 Å². The zero-order valence-electron chi connectivity index (χ0n) is 17.8. The molecule has 0 aliphatic rings. The number of nitrogens with zero attached hydrogens (tertiary/aromatic N) is 2. The molecule has 0 radical (unpaired) electrons. The van der Waals surface area contributed by atoms with Gasteiger partial charge in [0, 0.05) is 13.7 Å². The van der Waals surface area contributed by atoms with Gasteiger partial charge in [-0.15, -0.1) is 0 Å². The number of fused-ring (bicyclic) bond motifs is 1. The van der Waals surface area contributed by atoms with E-state index in [1.54, 1.807) is 20.3 Å². The second kappa shape index (κ2) is 10.8. The van der Waals surface area contributed by atoms with Gasteiger partial charge in [0.2, 0.25) is 11.8 Å². The van der Waals surface area contributed by atoms with Gasteiger partial charge in [-0.2, -0.15) is 0 Å². The number of thioether (sulfide) groups is 1. The third-order valence-corrected chi connectivity index (χ3v) is 5.52. The third-order valence-electron chi connectivity index (χ3n) is 4.55. The average Bonchev–Trinajstić information content (AvgIpc) is 3.12. The number of hydrogen-bond acceptors (Lipinski definition) is 6. The predicted octanol–water partition coefficient (Wildman–Crippen LogP) is 2.85. The largest absolute Gasteiger partial charge is 0.495 e. The number of amides is 2. The number of aromatic nitrogens is 2. The van der Waals surface area contributed by atoms with Crippen LogP contribution in [0.3, 0.4) is 0 Å². The Hall–Kier alpha value is -3.04. The molecule has 8 nitrogen and oxygen atoms in total. The maximum absolute atomic E-state index is 12.3. The van der Waals surface area contributed by atoms with E-state index in [1.807, 2.05) is 47.9 Å². The van der Waals surface area contributed by atoms with Crippen LogP contribution in [0.5, 0.6) is 5.75 Å². The Morgan fingerprint density at radius 2 is 1.94 bits per heavy atom. The molecule has 2 N–H and O–H groups in total. The molecule has 0 aliphatic carbocycles. The number of rotatable bonds is 10. The minimum absolute atomic E-state index is 0.128. The number of imidazole rings is 1. The average molecular weight is 443 g/mol. The van der Waals surface area contributed by atoms with Crippen LogP contribution in [0.25, 0.3) is 11.0 Å². The molecule has 0 saturated heterocycles. The van der Waals surface area contributed by atoms with Gasteiger partial charge in [-0.1, -0.05) is 30.0 Å². The second-order valence-electron chi connectivity index (χ2n) is 6.84. The highest BCUT2D eigenvalue weighted by Crippen LogP contribution is 2.25. The first-order valence-electron chi connectivity index (χ1n) is 9.80. The van der Waals surface area contributed by atoms with E-state index in [4.69, 9.17) is 9.47 Å². The Morgan fingerprint density at radius 1 is 1.13 bits per heavy atom. The van der Waals surface area contributed by atoms with Gasteiger partial charge in [0.05, 0.1) is 42.7 Å². The summed E-state index contributed by atoms with van der Waals surface area (Å²) in [4.78, 5) is 29.1. The van der Waals surface area contributed by atoms with E-state index in [0.717, 1.165) is 21.8 Å². The molecule has 164 valence electrons. The maximum Gasteiger partial charge on any atom is 0.243 e. The molecule has 0 atom stereocenters. The van der Waals surface area contributed by atoms with Crippen LogP contribution >= 0.6 is 11.8 Å². The number of nitrogens with one attached hydrogen (secondary N) is 2. The number of carbonyl (C=O) groups is 2. The number of ether oxygens (including phenoxy) is 2. The van der Waals surface area contributed by atoms with Gasteiger partial charge in [0.1, 0.15) is 5.75 Å². The van der Waals surface area contributed by atoms with Crippen molar-refractivity contribution in [2.75, 3.05) is 38.4 Å². The van der Waals surface area contributed by atoms with Crippen LogP contribution in [0.2, 0.25) is 0 Å². The number of hydrogen-bond donors (Lipinski definition) is 2. The molecule has 0 aliphatic heterocycles. The molecule has 31 heavy (non-hydrogen) atoms. The highest BCUT2D eigenvalue weighted by Gasteiger charge is 2.14. The van der Waals surface area contributed by atoms with E-state index in [9.17, 15) is 9.59 Å². The van der Waals surface area contributed by atoms with E-state index >= 15 is 0 Å². The first kappa shape index (κ1) is 22.6. The highest BCUT2D eigenvalue weighted by atomic mass is 32.2. The molecule has 0 saturated carbocycles. The summed E-state index contributed by atoms with van der Waals surface area (Å²) in [7, 11) is 3.19. The number of anilines is 1. The summed E-state index contributed by atoms with van der Waals surface area (Å²) in [5.74, 6) is 0.143. The topological polar surface area (TPSA) is 94.5 Å². The quantitative estimate of drug-likeness (QED) is 0.469. The Kier molecular flexibility index (Phi) is 7.91. The molecular formula is C22H26N4O4S. The second-order valence-corrected chi connectivity index (χ2v) is 7.79. The monoisotopic (exact) mass is 442 g/mol. The fraction of sp³-hybridized carbons (Fsp3) is 0.318. The van der Waals surface area contributed by atoms with Crippen molar-refractivity contribution in [2.45, 2.75) is 18.6 Å². The summed E-state index contributed by atoms with van der Waals surface area (Å²) >= 11 is 1.33. The molecular weight excluding hydrogens is 416 g/mol. The summed E-state index contributed by atoms with van der Waals surface area (Å²) in [5, 5.41) is 6.15. The van der Waals surface area contributed by atoms with Crippen molar-refractivity contribution in [1.29, 1.82) is 0 Å². The van der Waals surface area contributed by atoms with E-state index in [1.165, 1.54) is 11.8 Å². The van der Waals surface area contributed by atoms with Crippen LogP contribution in [0, 0.1) is 6.92 Å². The Labute approximate surface area is 185 Å². The summed E-state index contributed by atoms with van der Waals surface area (Å²) in [5.41, 5.74) is 3.43. The van der Waals surface area contributed by atoms with E-state index in [-0.39, 0.29) is 24.1 Å². The normalized spacial score (nSPS) is 10.8. The van der Waals surface area contributed by atoms with Crippen LogP contribution < -0.4 is 15.4 Å². The van der Waals surface area contributed by atoms with Crippen molar-refractivity contribution < 1.29 is 19.1 Å². The van der Waals surface area contributed by atoms with Crippen LogP contribution in [0.15, 0.2) is 47.6 Å². The highest BCUT2D eigenvalue weighted by molar-refractivity contribution is 7.99. The summed E-state index contributed by atoms with van der Waals surface area (Å²) in [6.45, 7) is 2.98. The third kappa shape index (κ3) is 5.99. The van der Waals surface area contributed by atoms with Gasteiger partial charge >= 0.3 is 0 Å². The first-order valence-corrected chi connectivity index (χ1v) is 10.8. The van der Waals surface area contributed by atoms with Crippen LogP contribution in [-0.2, 0) is 20.9 Å². The van der Waals surface area contributed by atoms with Crippen molar-refractivity contribution in [3.63, 3.8) is 0 Å². The lowest BCUT2D eigenvalue weighted by atomic mass is 10.2. The Bertz CT molecular complexity index is 1070.